The molecular formula is C16H19ClN2O2. The molecule has 21 heavy (non-hydrogen) atoms. The Balaban J connectivity index is 2.01. The van der Waals surface area contributed by atoms with Gasteiger partial charge in [0.1, 0.15) is 0 Å². The zero-order valence-electron chi connectivity index (χ0n) is 12.4. The molecule has 1 aliphatic carbocycles. The number of amides is 1. The van der Waals surface area contributed by atoms with Crippen LogP contribution in [-0.4, -0.2) is 11.7 Å². The van der Waals surface area contributed by atoms with Crippen molar-refractivity contribution >= 4 is 23.3 Å². The number of aryl methyl sites for hydroxylation is 1. The van der Waals surface area contributed by atoms with Crippen LogP contribution in [0.25, 0.3) is 0 Å². The maximum Gasteiger partial charge on any atom is 0.269 e. The molecule has 0 aromatic heterocycles. The standard InChI is InChI=1S/C16H19ClN2O2/c1-10-6-11(4-5-14(10)17)15(21)19-18-12-7-13(20)9-16(2,3)8-12/h4-7,18H,8-9H2,1-3H3,(H,19,21). The van der Waals surface area contributed by atoms with E-state index in [1.165, 1.54) is 0 Å². The second-order valence-corrected chi connectivity index (χ2v) is 6.60. The molecule has 0 aliphatic heterocycles. The molecule has 0 bridgehead atoms. The molecule has 0 unspecified atom stereocenters. The van der Waals surface area contributed by atoms with Gasteiger partial charge in [-0.2, -0.15) is 0 Å². The number of carbonyl (C=O) groups is 2. The third-order valence-electron chi connectivity index (χ3n) is 3.41. The van der Waals surface area contributed by atoms with Crippen molar-refractivity contribution in [3.05, 3.63) is 46.1 Å². The van der Waals surface area contributed by atoms with Gasteiger partial charge in [-0.3, -0.25) is 15.0 Å². The van der Waals surface area contributed by atoms with E-state index in [1.807, 2.05) is 20.8 Å². The van der Waals surface area contributed by atoms with E-state index in [9.17, 15) is 9.59 Å². The lowest BCUT2D eigenvalue weighted by molar-refractivity contribution is -0.117. The molecule has 0 saturated heterocycles. The molecule has 0 saturated carbocycles. The molecule has 0 heterocycles. The molecular weight excluding hydrogens is 288 g/mol. The Hall–Kier alpha value is -1.81. The Kier molecular flexibility index (Phi) is 4.37. The van der Waals surface area contributed by atoms with E-state index in [4.69, 9.17) is 11.6 Å². The van der Waals surface area contributed by atoms with E-state index in [-0.39, 0.29) is 17.1 Å². The minimum Gasteiger partial charge on any atom is -0.302 e. The van der Waals surface area contributed by atoms with Gasteiger partial charge in [-0.25, -0.2) is 0 Å². The van der Waals surface area contributed by atoms with Crippen molar-refractivity contribution in [2.45, 2.75) is 33.6 Å². The number of hydrogen-bond donors (Lipinski definition) is 2. The molecule has 4 nitrogen and oxygen atoms in total. The lowest BCUT2D eigenvalue weighted by Gasteiger charge is -2.29. The van der Waals surface area contributed by atoms with E-state index >= 15 is 0 Å². The number of halogens is 1. The topological polar surface area (TPSA) is 58.2 Å². The van der Waals surface area contributed by atoms with Crippen molar-refractivity contribution in [1.82, 2.24) is 10.9 Å². The highest BCUT2D eigenvalue weighted by Gasteiger charge is 2.27. The summed E-state index contributed by atoms with van der Waals surface area (Å²) in [5.41, 5.74) is 7.48. The van der Waals surface area contributed by atoms with Gasteiger partial charge in [0, 0.05) is 28.8 Å². The highest BCUT2D eigenvalue weighted by Crippen LogP contribution is 2.32. The first kappa shape index (κ1) is 15.6. The fourth-order valence-corrected chi connectivity index (χ4v) is 2.54. The summed E-state index contributed by atoms with van der Waals surface area (Å²) in [6.07, 6.45) is 2.81. The molecule has 1 aliphatic rings. The van der Waals surface area contributed by atoms with Crippen LogP contribution in [0.1, 0.15) is 42.6 Å². The Labute approximate surface area is 129 Å². The third-order valence-corrected chi connectivity index (χ3v) is 3.84. The number of rotatable bonds is 3. The van der Waals surface area contributed by atoms with Crippen molar-refractivity contribution in [1.29, 1.82) is 0 Å². The Morgan fingerprint density at radius 2 is 2.00 bits per heavy atom. The molecule has 1 amide bonds. The molecule has 1 aromatic rings. The number of nitrogens with one attached hydrogen (secondary N) is 2. The first-order valence-electron chi connectivity index (χ1n) is 6.83. The zero-order valence-corrected chi connectivity index (χ0v) is 13.2. The summed E-state index contributed by atoms with van der Waals surface area (Å²) < 4.78 is 0. The SMILES string of the molecule is Cc1cc(C(=O)NNC2=CC(=O)CC(C)(C)C2)ccc1Cl. The van der Waals surface area contributed by atoms with Crippen molar-refractivity contribution in [3.8, 4) is 0 Å². The van der Waals surface area contributed by atoms with Crippen molar-refractivity contribution in [2.24, 2.45) is 5.41 Å². The molecule has 112 valence electrons. The molecule has 0 radical (unpaired) electrons. The molecule has 1 aromatic carbocycles. The molecule has 0 fully saturated rings. The summed E-state index contributed by atoms with van der Waals surface area (Å²) in [4.78, 5) is 23.7. The van der Waals surface area contributed by atoms with Gasteiger partial charge in [0.2, 0.25) is 0 Å². The van der Waals surface area contributed by atoms with Gasteiger partial charge in [0.25, 0.3) is 5.91 Å². The number of ketones is 1. The van der Waals surface area contributed by atoms with Gasteiger partial charge in [0.15, 0.2) is 5.78 Å². The van der Waals surface area contributed by atoms with Gasteiger partial charge in [-0.1, -0.05) is 25.4 Å². The van der Waals surface area contributed by atoms with Crippen LogP contribution in [0.4, 0.5) is 0 Å². The third kappa shape index (κ3) is 4.08. The van der Waals surface area contributed by atoms with E-state index < -0.39 is 0 Å². The Bertz CT molecular complexity index is 621. The summed E-state index contributed by atoms with van der Waals surface area (Å²) in [7, 11) is 0. The summed E-state index contributed by atoms with van der Waals surface area (Å²) in [5.74, 6) is -0.183. The largest absolute Gasteiger partial charge is 0.302 e. The lowest BCUT2D eigenvalue weighted by atomic mass is 9.79. The molecule has 2 N–H and O–H groups in total. The predicted octanol–water partition coefficient (Wildman–Crippen LogP) is 3.16. The summed E-state index contributed by atoms with van der Waals surface area (Å²) in [6.45, 7) is 5.91. The summed E-state index contributed by atoms with van der Waals surface area (Å²) in [5, 5.41) is 0.627. The zero-order chi connectivity index (χ0) is 15.6. The second-order valence-electron chi connectivity index (χ2n) is 6.20. The van der Waals surface area contributed by atoms with Gasteiger partial charge in [0.05, 0.1) is 0 Å². The molecule has 5 heteroatoms. The van der Waals surface area contributed by atoms with E-state index in [0.29, 0.717) is 17.0 Å². The number of benzene rings is 1. The molecule has 0 spiro atoms. The highest BCUT2D eigenvalue weighted by atomic mass is 35.5. The number of allylic oxidation sites excluding steroid dienone is 2. The molecule has 0 atom stereocenters. The van der Waals surface area contributed by atoms with Crippen LogP contribution in [0, 0.1) is 12.3 Å². The average molecular weight is 307 g/mol. The van der Waals surface area contributed by atoms with Crippen LogP contribution in [-0.2, 0) is 4.79 Å². The van der Waals surface area contributed by atoms with Crippen LogP contribution >= 0.6 is 11.6 Å². The van der Waals surface area contributed by atoms with E-state index in [1.54, 1.807) is 24.3 Å². The number of hydrogen-bond acceptors (Lipinski definition) is 3. The Morgan fingerprint density at radius 3 is 2.62 bits per heavy atom. The summed E-state index contributed by atoms with van der Waals surface area (Å²) >= 11 is 5.94. The Morgan fingerprint density at radius 1 is 1.29 bits per heavy atom. The fourth-order valence-electron chi connectivity index (χ4n) is 2.42. The summed E-state index contributed by atoms with van der Waals surface area (Å²) in [6, 6.07) is 5.08. The minimum absolute atomic E-state index is 0.0744. The van der Waals surface area contributed by atoms with Crippen molar-refractivity contribution < 1.29 is 9.59 Å². The smallest absolute Gasteiger partial charge is 0.269 e. The number of carbonyl (C=O) groups excluding carboxylic acids is 2. The van der Waals surface area contributed by atoms with Gasteiger partial charge < -0.3 is 5.43 Å². The van der Waals surface area contributed by atoms with Crippen molar-refractivity contribution in [2.75, 3.05) is 0 Å². The average Bonchev–Trinajstić information content (AvgIpc) is 2.37. The number of hydrazine groups is 1. The van der Waals surface area contributed by atoms with Crippen molar-refractivity contribution in [3.63, 3.8) is 0 Å². The van der Waals surface area contributed by atoms with Crippen LogP contribution in [0.5, 0.6) is 0 Å². The minimum atomic E-state index is -0.258. The van der Waals surface area contributed by atoms with Gasteiger partial charge >= 0.3 is 0 Å². The van der Waals surface area contributed by atoms with Crippen LogP contribution in [0.2, 0.25) is 5.02 Å². The van der Waals surface area contributed by atoms with Crippen LogP contribution < -0.4 is 10.9 Å². The highest BCUT2D eigenvalue weighted by molar-refractivity contribution is 6.31. The fraction of sp³-hybridized carbons (Fsp3) is 0.375. The quantitative estimate of drug-likeness (QED) is 0.843. The van der Waals surface area contributed by atoms with Crippen LogP contribution in [0.3, 0.4) is 0 Å². The van der Waals surface area contributed by atoms with Gasteiger partial charge in [-0.05, 0) is 42.5 Å². The second kappa shape index (κ2) is 5.90. The maximum absolute atomic E-state index is 12.1. The first-order valence-corrected chi connectivity index (χ1v) is 7.20. The maximum atomic E-state index is 12.1. The van der Waals surface area contributed by atoms with E-state index in [2.05, 4.69) is 10.9 Å². The molecule has 2 rings (SSSR count). The first-order chi connectivity index (χ1) is 9.77. The normalized spacial score (nSPS) is 17.1. The van der Waals surface area contributed by atoms with E-state index in [0.717, 1.165) is 17.7 Å². The predicted molar refractivity (Wildman–Crippen MR) is 82.9 cm³/mol. The van der Waals surface area contributed by atoms with Gasteiger partial charge in [-0.15, -0.1) is 0 Å². The van der Waals surface area contributed by atoms with Crippen LogP contribution in [0.15, 0.2) is 30.0 Å². The lowest BCUT2D eigenvalue weighted by Crippen LogP contribution is -2.39. The monoisotopic (exact) mass is 306 g/mol.